The molecule has 0 saturated carbocycles. The molecule has 8 nitrogen and oxygen atoms in total. The van der Waals surface area contributed by atoms with Gasteiger partial charge in [0.05, 0.1) is 5.39 Å². The molecule has 1 aromatic heterocycles. The molecule has 0 radical (unpaired) electrons. The minimum atomic E-state index is -0.626. The van der Waals surface area contributed by atoms with Gasteiger partial charge in [-0.3, -0.25) is 25.2 Å². The van der Waals surface area contributed by atoms with Gasteiger partial charge in [0, 0.05) is 11.9 Å². The van der Waals surface area contributed by atoms with Crippen LogP contribution in [0.25, 0.3) is 21.9 Å². The minimum Gasteiger partial charge on any atom is -0.484 e. The number of nitrogens with one attached hydrogen (secondary N) is 2. The van der Waals surface area contributed by atoms with Crippen molar-refractivity contribution < 1.29 is 14.3 Å². The van der Waals surface area contributed by atoms with E-state index in [1.807, 2.05) is 56.3 Å². The normalized spacial score (nSPS) is 10.8. The maximum absolute atomic E-state index is 12.8. The van der Waals surface area contributed by atoms with Crippen molar-refractivity contribution in [1.82, 2.24) is 20.6 Å². The van der Waals surface area contributed by atoms with Crippen molar-refractivity contribution in [2.75, 3.05) is 6.61 Å². The van der Waals surface area contributed by atoms with E-state index in [9.17, 15) is 14.4 Å². The largest absolute Gasteiger partial charge is 0.484 e. The molecule has 0 atom stereocenters. The summed E-state index contributed by atoms with van der Waals surface area (Å²) in [6.07, 6.45) is 0. The Balaban J connectivity index is 1.38. The average Bonchev–Trinajstić information content (AvgIpc) is 2.88. The molecule has 0 fully saturated rings. The molecule has 4 rings (SSSR count). The van der Waals surface area contributed by atoms with Crippen molar-refractivity contribution in [2.24, 2.45) is 5.92 Å². The van der Waals surface area contributed by atoms with E-state index in [4.69, 9.17) is 4.74 Å². The Kier molecular flexibility index (Phi) is 7.21. The van der Waals surface area contributed by atoms with Crippen LogP contribution in [0, 0.1) is 5.92 Å². The smallest absolute Gasteiger partial charge is 0.290 e. The molecule has 0 aliphatic heterocycles. The standard InChI is InChI=1S/C27H26N4O4/c1-18(2)16-31-27(34)23-11-7-6-10-22(23)25(30-31)26(33)29-28-24(32)17-35-21-14-12-20(13-15-21)19-8-4-3-5-9-19/h3-15,18H,16-17H2,1-2H3,(H,28,32)(H,29,33). The lowest BCUT2D eigenvalue weighted by Crippen LogP contribution is -2.44. The van der Waals surface area contributed by atoms with E-state index < -0.39 is 11.8 Å². The molecule has 0 saturated heterocycles. The third-order valence-corrected chi connectivity index (χ3v) is 5.27. The number of amides is 2. The fraction of sp³-hybridized carbons (Fsp3) is 0.185. The van der Waals surface area contributed by atoms with E-state index in [0.717, 1.165) is 11.1 Å². The van der Waals surface area contributed by atoms with Crippen LogP contribution in [0.5, 0.6) is 5.75 Å². The third-order valence-electron chi connectivity index (χ3n) is 5.27. The van der Waals surface area contributed by atoms with E-state index in [0.29, 0.717) is 23.1 Å². The zero-order valence-electron chi connectivity index (χ0n) is 19.5. The highest BCUT2D eigenvalue weighted by Crippen LogP contribution is 2.22. The lowest BCUT2D eigenvalue weighted by atomic mass is 10.1. The summed E-state index contributed by atoms with van der Waals surface area (Å²) in [5.74, 6) is -0.472. The van der Waals surface area contributed by atoms with Gasteiger partial charge >= 0.3 is 0 Å². The Morgan fingerprint density at radius 3 is 2.17 bits per heavy atom. The second-order valence-electron chi connectivity index (χ2n) is 8.46. The van der Waals surface area contributed by atoms with E-state index >= 15 is 0 Å². The summed E-state index contributed by atoms with van der Waals surface area (Å²) >= 11 is 0. The van der Waals surface area contributed by atoms with E-state index in [2.05, 4.69) is 16.0 Å². The number of rotatable bonds is 7. The first kappa shape index (κ1) is 23.7. The first-order chi connectivity index (χ1) is 16.9. The maximum atomic E-state index is 12.8. The van der Waals surface area contributed by atoms with Crippen LogP contribution in [0.3, 0.4) is 0 Å². The molecule has 0 spiro atoms. The van der Waals surface area contributed by atoms with Crippen molar-refractivity contribution in [2.45, 2.75) is 20.4 Å². The number of hydrazine groups is 1. The molecule has 3 aromatic carbocycles. The number of carbonyl (C=O) groups excluding carboxylic acids is 2. The molecule has 0 bridgehead atoms. The summed E-state index contributed by atoms with van der Waals surface area (Å²) in [5, 5.41) is 5.06. The highest BCUT2D eigenvalue weighted by Gasteiger charge is 2.17. The molecule has 178 valence electrons. The molecular formula is C27H26N4O4. The zero-order chi connectivity index (χ0) is 24.8. The number of carbonyl (C=O) groups is 2. The predicted octanol–water partition coefficient (Wildman–Crippen LogP) is 3.56. The number of hydrogen-bond acceptors (Lipinski definition) is 5. The number of nitrogens with zero attached hydrogens (tertiary/aromatic N) is 2. The van der Waals surface area contributed by atoms with Gasteiger partial charge in [-0.25, -0.2) is 4.68 Å². The summed E-state index contributed by atoms with van der Waals surface area (Å²) in [4.78, 5) is 37.8. The highest BCUT2D eigenvalue weighted by molar-refractivity contribution is 6.05. The van der Waals surface area contributed by atoms with Gasteiger partial charge < -0.3 is 4.74 Å². The Labute approximate surface area is 202 Å². The number of hydrogen-bond donors (Lipinski definition) is 2. The van der Waals surface area contributed by atoms with Gasteiger partial charge in [-0.05, 0) is 35.2 Å². The van der Waals surface area contributed by atoms with Crippen molar-refractivity contribution in [3.05, 3.63) is 94.9 Å². The van der Waals surface area contributed by atoms with Gasteiger partial charge in [0.25, 0.3) is 17.4 Å². The molecular weight excluding hydrogens is 444 g/mol. The van der Waals surface area contributed by atoms with Crippen LogP contribution in [-0.4, -0.2) is 28.2 Å². The molecule has 8 heteroatoms. The lowest BCUT2D eigenvalue weighted by molar-refractivity contribution is -0.123. The Morgan fingerprint density at radius 1 is 0.857 bits per heavy atom. The topological polar surface area (TPSA) is 102 Å². The van der Waals surface area contributed by atoms with Gasteiger partial charge in [0.1, 0.15) is 5.75 Å². The van der Waals surface area contributed by atoms with Gasteiger partial charge in [-0.2, -0.15) is 5.10 Å². The Morgan fingerprint density at radius 2 is 1.49 bits per heavy atom. The summed E-state index contributed by atoms with van der Waals surface area (Å²) in [6.45, 7) is 4.00. The average molecular weight is 471 g/mol. The van der Waals surface area contributed by atoms with E-state index in [1.165, 1.54) is 4.68 Å². The second kappa shape index (κ2) is 10.6. The van der Waals surface area contributed by atoms with Crippen molar-refractivity contribution in [3.8, 4) is 16.9 Å². The monoisotopic (exact) mass is 470 g/mol. The number of aromatic nitrogens is 2. The van der Waals surface area contributed by atoms with Crippen LogP contribution in [0.4, 0.5) is 0 Å². The summed E-state index contributed by atoms with van der Waals surface area (Å²) in [6, 6.07) is 24.1. The van der Waals surface area contributed by atoms with Crippen LogP contribution >= 0.6 is 0 Å². The SMILES string of the molecule is CC(C)Cn1nc(C(=O)NNC(=O)COc2ccc(-c3ccccc3)cc2)c2ccccc2c1=O. The molecule has 2 amide bonds. The second-order valence-corrected chi connectivity index (χ2v) is 8.46. The van der Waals surface area contributed by atoms with Crippen molar-refractivity contribution >= 4 is 22.6 Å². The molecule has 0 aliphatic carbocycles. The van der Waals surface area contributed by atoms with Gasteiger partial charge in [-0.15, -0.1) is 0 Å². The minimum absolute atomic E-state index is 0.0542. The molecule has 35 heavy (non-hydrogen) atoms. The zero-order valence-corrected chi connectivity index (χ0v) is 19.5. The summed E-state index contributed by atoms with van der Waals surface area (Å²) in [5.41, 5.74) is 6.61. The lowest BCUT2D eigenvalue weighted by Gasteiger charge is -2.13. The number of fused-ring (bicyclic) bond motifs is 1. The predicted molar refractivity (Wildman–Crippen MR) is 134 cm³/mol. The quantitative estimate of drug-likeness (QED) is 0.402. The van der Waals surface area contributed by atoms with E-state index in [1.54, 1.807) is 36.4 Å². The van der Waals surface area contributed by atoms with Crippen LogP contribution in [0.15, 0.2) is 83.7 Å². The van der Waals surface area contributed by atoms with Crippen LogP contribution in [0.1, 0.15) is 24.3 Å². The van der Waals surface area contributed by atoms with Crippen molar-refractivity contribution in [1.29, 1.82) is 0 Å². The Bertz CT molecular complexity index is 1400. The van der Waals surface area contributed by atoms with Gasteiger partial charge in [-0.1, -0.05) is 74.5 Å². The maximum Gasteiger partial charge on any atom is 0.290 e. The van der Waals surface area contributed by atoms with Crippen LogP contribution < -0.4 is 21.1 Å². The molecule has 0 unspecified atom stereocenters. The third kappa shape index (κ3) is 5.73. The van der Waals surface area contributed by atoms with Crippen LogP contribution in [0.2, 0.25) is 0 Å². The first-order valence-electron chi connectivity index (χ1n) is 11.3. The number of ether oxygens (including phenoxy) is 1. The fourth-order valence-electron chi connectivity index (χ4n) is 3.62. The molecule has 1 heterocycles. The molecule has 4 aromatic rings. The molecule has 0 aliphatic rings. The highest BCUT2D eigenvalue weighted by atomic mass is 16.5. The van der Waals surface area contributed by atoms with E-state index in [-0.39, 0.29) is 23.8 Å². The summed E-state index contributed by atoms with van der Waals surface area (Å²) in [7, 11) is 0. The fourth-order valence-corrected chi connectivity index (χ4v) is 3.62. The first-order valence-corrected chi connectivity index (χ1v) is 11.3. The van der Waals surface area contributed by atoms with Crippen molar-refractivity contribution in [3.63, 3.8) is 0 Å². The summed E-state index contributed by atoms with van der Waals surface area (Å²) < 4.78 is 6.80. The Hall–Kier alpha value is -4.46. The molecule has 2 N–H and O–H groups in total. The van der Waals surface area contributed by atoms with Gasteiger partial charge in [0.2, 0.25) is 0 Å². The number of benzene rings is 3. The van der Waals surface area contributed by atoms with Crippen LogP contribution in [-0.2, 0) is 11.3 Å². The van der Waals surface area contributed by atoms with Gasteiger partial charge in [0.15, 0.2) is 12.3 Å².